The van der Waals surface area contributed by atoms with Gasteiger partial charge in [0.25, 0.3) is 10.0 Å². The molecule has 1 heterocycles. The third kappa shape index (κ3) is 2.92. The number of aryl methyl sites for hydroxylation is 1. The van der Waals surface area contributed by atoms with E-state index in [1.54, 1.807) is 0 Å². The van der Waals surface area contributed by atoms with Crippen LogP contribution >= 0.6 is 11.6 Å². The molecule has 1 aromatic heterocycles. The van der Waals surface area contributed by atoms with E-state index in [4.69, 9.17) is 16.9 Å². The molecule has 0 aliphatic carbocycles. The Labute approximate surface area is 121 Å². The molecule has 2 rings (SSSR count). The molecule has 0 fully saturated rings. The maximum absolute atomic E-state index is 12.1. The highest BCUT2D eigenvalue weighted by atomic mass is 35.5. The van der Waals surface area contributed by atoms with Crippen molar-refractivity contribution < 1.29 is 8.42 Å². The fraction of sp³-hybridized carbons (Fsp3) is 0.167. The van der Waals surface area contributed by atoms with E-state index in [-0.39, 0.29) is 21.3 Å². The fourth-order valence-electron chi connectivity index (χ4n) is 1.54. The van der Waals surface area contributed by atoms with E-state index >= 15 is 0 Å². The zero-order valence-corrected chi connectivity index (χ0v) is 12.1. The number of nitrogens with zero attached hydrogens (tertiary/aromatic N) is 2. The average Bonchev–Trinajstić information content (AvgIpc) is 2.90. The molecule has 0 atom stereocenters. The number of imidazole rings is 1. The normalized spacial score (nSPS) is 11.1. The van der Waals surface area contributed by atoms with Crippen LogP contribution in [0.5, 0.6) is 0 Å². The van der Waals surface area contributed by atoms with Crippen molar-refractivity contribution in [2.75, 3.05) is 4.72 Å². The third-order valence-electron chi connectivity index (χ3n) is 2.57. The topological polar surface area (TPSA) is 98.6 Å². The largest absolute Gasteiger partial charge is 0.332 e. The molecule has 0 aliphatic heterocycles. The first-order valence-corrected chi connectivity index (χ1v) is 7.58. The zero-order chi connectivity index (χ0) is 14.8. The second kappa shape index (κ2) is 5.53. The SMILES string of the molecule is CCc1ncc(S(=O)(=O)Nc2ccc(Cl)c(C#N)c2)[nH]1. The first-order valence-electron chi connectivity index (χ1n) is 5.72. The van der Waals surface area contributed by atoms with Crippen molar-refractivity contribution in [2.24, 2.45) is 0 Å². The summed E-state index contributed by atoms with van der Waals surface area (Å²) in [6.45, 7) is 1.86. The number of sulfonamides is 1. The number of halogens is 1. The highest BCUT2D eigenvalue weighted by Gasteiger charge is 2.17. The van der Waals surface area contributed by atoms with E-state index in [2.05, 4.69) is 14.7 Å². The predicted molar refractivity (Wildman–Crippen MR) is 74.9 cm³/mol. The van der Waals surface area contributed by atoms with Crippen LogP contribution in [0.3, 0.4) is 0 Å². The number of aromatic amines is 1. The van der Waals surface area contributed by atoms with Gasteiger partial charge in [-0.25, -0.2) is 4.98 Å². The van der Waals surface area contributed by atoms with Gasteiger partial charge in [0, 0.05) is 6.42 Å². The number of anilines is 1. The van der Waals surface area contributed by atoms with Crippen molar-refractivity contribution in [1.82, 2.24) is 9.97 Å². The summed E-state index contributed by atoms with van der Waals surface area (Å²) in [5.41, 5.74) is 0.462. The molecule has 0 unspecified atom stereocenters. The Morgan fingerprint density at radius 2 is 2.25 bits per heavy atom. The van der Waals surface area contributed by atoms with E-state index in [0.717, 1.165) is 0 Å². The van der Waals surface area contributed by atoms with Gasteiger partial charge in [0.2, 0.25) is 0 Å². The number of rotatable bonds is 4. The number of hydrogen-bond donors (Lipinski definition) is 2. The van der Waals surface area contributed by atoms with Crippen molar-refractivity contribution in [1.29, 1.82) is 5.26 Å². The van der Waals surface area contributed by atoms with E-state index in [9.17, 15) is 8.42 Å². The molecular formula is C12H11ClN4O2S. The first kappa shape index (κ1) is 14.4. The summed E-state index contributed by atoms with van der Waals surface area (Å²) in [6, 6.07) is 6.20. The van der Waals surface area contributed by atoms with Gasteiger partial charge in [-0.05, 0) is 18.2 Å². The molecule has 2 aromatic rings. The molecule has 0 bridgehead atoms. The van der Waals surface area contributed by atoms with Gasteiger partial charge in [-0.3, -0.25) is 4.72 Å². The molecule has 0 spiro atoms. The van der Waals surface area contributed by atoms with Crippen LogP contribution in [-0.4, -0.2) is 18.4 Å². The van der Waals surface area contributed by atoms with Crippen molar-refractivity contribution >= 4 is 27.3 Å². The van der Waals surface area contributed by atoms with Crippen LogP contribution in [-0.2, 0) is 16.4 Å². The van der Waals surface area contributed by atoms with Crippen molar-refractivity contribution in [3.05, 3.63) is 40.8 Å². The second-order valence-corrected chi connectivity index (χ2v) is 6.02. The Kier molecular flexibility index (Phi) is 3.97. The highest BCUT2D eigenvalue weighted by molar-refractivity contribution is 7.92. The lowest BCUT2D eigenvalue weighted by molar-refractivity contribution is 0.598. The summed E-state index contributed by atoms with van der Waals surface area (Å²) in [6.07, 6.45) is 1.86. The van der Waals surface area contributed by atoms with Gasteiger partial charge in [0.1, 0.15) is 11.9 Å². The van der Waals surface area contributed by atoms with Gasteiger partial charge in [-0.1, -0.05) is 18.5 Å². The zero-order valence-electron chi connectivity index (χ0n) is 10.5. The Balaban J connectivity index is 2.31. The van der Waals surface area contributed by atoms with Crippen LogP contribution in [0, 0.1) is 11.3 Å². The van der Waals surface area contributed by atoms with Crippen LogP contribution < -0.4 is 4.72 Å². The number of nitrogens with one attached hydrogen (secondary N) is 2. The standard InChI is InChI=1S/C12H11ClN4O2S/c1-2-11-15-7-12(16-11)20(18,19)17-9-3-4-10(13)8(5-9)6-14/h3-5,7,17H,2H2,1H3,(H,15,16). The molecule has 6 nitrogen and oxygen atoms in total. The van der Waals surface area contributed by atoms with Crippen LogP contribution in [0.4, 0.5) is 5.69 Å². The molecule has 0 aliphatic rings. The first-order chi connectivity index (χ1) is 9.46. The lowest BCUT2D eigenvalue weighted by Gasteiger charge is -2.06. The van der Waals surface area contributed by atoms with Gasteiger partial charge < -0.3 is 4.98 Å². The lowest BCUT2D eigenvalue weighted by Crippen LogP contribution is -2.13. The van der Waals surface area contributed by atoms with Gasteiger partial charge in [0.05, 0.1) is 22.5 Å². The summed E-state index contributed by atoms with van der Waals surface area (Å²) in [7, 11) is -3.76. The molecule has 20 heavy (non-hydrogen) atoms. The minimum atomic E-state index is -3.76. The third-order valence-corrected chi connectivity index (χ3v) is 4.19. The van der Waals surface area contributed by atoms with E-state index in [1.165, 1.54) is 24.4 Å². The predicted octanol–water partition coefficient (Wildman–Crippen LogP) is 2.30. The van der Waals surface area contributed by atoms with Gasteiger partial charge in [0.15, 0.2) is 5.03 Å². The molecule has 2 N–H and O–H groups in total. The summed E-state index contributed by atoms with van der Waals surface area (Å²) in [4.78, 5) is 6.65. The maximum Gasteiger partial charge on any atom is 0.278 e. The van der Waals surface area contributed by atoms with Gasteiger partial charge in [-0.15, -0.1) is 0 Å². The van der Waals surface area contributed by atoms with Crippen LogP contribution in [0.2, 0.25) is 5.02 Å². The van der Waals surface area contributed by atoms with E-state index in [0.29, 0.717) is 12.2 Å². The lowest BCUT2D eigenvalue weighted by atomic mass is 10.2. The van der Waals surface area contributed by atoms with Gasteiger partial charge >= 0.3 is 0 Å². The molecule has 0 amide bonds. The summed E-state index contributed by atoms with van der Waals surface area (Å²) in [5, 5.41) is 9.11. The molecular weight excluding hydrogens is 300 g/mol. The summed E-state index contributed by atoms with van der Waals surface area (Å²) in [5.74, 6) is 0.583. The number of aromatic nitrogens is 2. The molecule has 1 aromatic carbocycles. The van der Waals surface area contributed by atoms with Crippen molar-refractivity contribution in [3.63, 3.8) is 0 Å². The smallest absolute Gasteiger partial charge is 0.278 e. The summed E-state index contributed by atoms with van der Waals surface area (Å²) >= 11 is 5.79. The maximum atomic E-state index is 12.1. The van der Waals surface area contributed by atoms with E-state index < -0.39 is 10.0 Å². The highest BCUT2D eigenvalue weighted by Crippen LogP contribution is 2.21. The minimum Gasteiger partial charge on any atom is -0.332 e. The monoisotopic (exact) mass is 310 g/mol. The quantitative estimate of drug-likeness (QED) is 0.905. The Bertz CT molecular complexity index is 777. The molecule has 0 saturated heterocycles. The van der Waals surface area contributed by atoms with Crippen LogP contribution in [0.15, 0.2) is 29.4 Å². The number of H-pyrrole nitrogens is 1. The Morgan fingerprint density at radius 1 is 1.50 bits per heavy atom. The number of hydrogen-bond acceptors (Lipinski definition) is 4. The van der Waals surface area contributed by atoms with Crippen LogP contribution in [0.1, 0.15) is 18.3 Å². The summed E-state index contributed by atoms with van der Waals surface area (Å²) < 4.78 is 26.6. The van der Waals surface area contributed by atoms with Crippen molar-refractivity contribution in [2.45, 2.75) is 18.4 Å². The molecule has 0 saturated carbocycles. The minimum absolute atomic E-state index is 0.0252. The Morgan fingerprint density at radius 3 is 2.85 bits per heavy atom. The number of benzene rings is 1. The average molecular weight is 311 g/mol. The Hall–Kier alpha value is -2.04. The van der Waals surface area contributed by atoms with E-state index in [1.807, 2.05) is 13.0 Å². The van der Waals surface area contributed by atoms with Crippen LogP contribution in [0.25, 0.3) is 0 Å². The molecule has 8 heteroatoms. The van der Waals surface area contributed by atoms with Gasteiger partial charge in [-0.2, -0.15) is 13.7 Å². The second-order valence-electron chi connectivity index (χ2n) is 3.96. The fourth-order valence-corrected chi connectivity index (χ4v) is 2.69. The number of nitriles is 1. The molecule has 0 radical (unpaired) electrons. The van der Waals surface area contributed by atoms with Crippen molar-refractivity contribution in [3.8, 4) is 6.07 Å². The molecule has 104 valence electrons.